The molecule has 1 aliphatic heterocycles. The van der Waals surface area contributed by atoms with Gasteiger partial charge in [0.15, 0.2) is 20.6 Å². The number of hydrogen-bond acceptors (Lipinski definition) is 11. The van der Waals surface area contributed by atoms with E-state index in [0.29, 0.717) is 16.6 Å². The highest BCUT2D eigenvalue weighted by atomic mass is 35.5. The second-order valence-corrected chi connectivity index (χ2v) is 12.4. The number of hydrogen-bond donors (Lipinski definition) is 2. The highest BCUT2D eigenvalue weighted by Crippen LogP contribution is 2.38. The number of aromatic nitrogens is 5. The van der Waals surface area contributed by atoms with Crippen molar-refractivity contribution in [2.24, 2.45) is 12.2 Å². The number of sulfone groups is 1. The molecule has 0 bridgehead atoms. The number of halogens is 6. The normalized spacial score (nSPS) is 15.2. The van der Waals surface area contributed by atoms with E-state index in [9.17, 15) is 30.4 Å². The van der Waals surface area contributed by atoms with Gasteiger partial charge in [-0.2, -0.15) is 42.0 Å². The van der Waals surface area contributed by atoms with Crippen LogP contribution in [0, 0.1) is 0 Å². The van der Waals surface area contributed by atoms with Gasteiger partial charge in [-0.1, -0.05) is 5.16 Å². The zero-order valence-electron chi connectivity index (χ0n) is 22.7. The largest absolute Gasteiger partial charge is 0.435 e. The molecule has 2 aromatic rings. The summed E-state index contributed by atoms with van der Waals surface area (Å²) in [7, 11) is -3.43. The van der Waals surface area contributed by atoms with Crippen LogP contribution in [-0.4, -0.2) is 62.5 Å². The third kappa shape index (κ3) is 9.57. The van der Waals surface area contributed by atoms with Crippen LogP contribution in [-0.2, 0) is 33.7 Å². The number of alkyl halides is 5. The minimum absolute atomic E-state index is 0.103. The SMILES string of the molecule is CCNc1nc(Cl)nc(NC(C)(C)C)n1.Cn1nc(C(F)(F)F)c(CS(=O)(=O)C2=NOC(C)(C)C2)c1OC(F)F. The molecule has 0 saturated heterocycles. The monoisotopic (exact) mass is 620 g/mol. The first kappa shape index (κ1) is 33.2. The summed E-state index contributed by atoms with van der Waals surface area (Å²) in [4.78, 5) is 17.0. The second-order valence-electron chi connectivity index (χ2n) is 10.1. The smallest absolute Gasteiger partial charge is 0.417 e. The van der Waals surface area contributed by atoms with Gasteiger partial charge in [-0.15, -0.1) is 0 Å². The molecule has 2 aromatic heterocycles. The Bertz CT molecular complexity index is 1330. The van der Waals surface area contributed by atoms with E-state index in [0.717, 1.165) is 13.6 Å². The minimum Gasteiger partial charge on any atom is -0.417 e. The summed E-state index contributed by atoms with van der Waals surface area (Å²) >= 11 is 5.77. The van der Waals surface area contributed by atoms with Gasteiger partial charge in [-0.3, -0.25) is 0 Å². The minimum atomic E-state index is -5.06. The quantitative estimate of drug-likeness (QED) is 0.420. The van der Waals surface area contributed by atoms with Crippen molar-refractivity contribution in [3.8, 4) is 5.88 Å². The maximum absolute atomic E-state index is 13.1. The lowest BCUT2D eigenvalue weighted by Crippen LogP contribution is -2.27. The first-order valence-corrected chi connectivity index (χ1v) is 13.7. The number of nitrogens with one attached hydrogen (secondary N) is 2. The van der Waals surface area contributed by atoms with Gasteiger partial charge in [0, 0.05) is 25.6 Å². The maximum atomic E-state index is 13.1. The molecule has 2 N–H and O–H groups in total. The molecule has 226 valence electrons. The van der Waals surface area contributed by atoms with Gasteiger partial charge in [0.25, 0.3) is 0 Å². The van der Waals surface area contributed by atoms with Crippen LogP contribution in [0.3, 0.4) is 0 Å². The molecule has 3 rings (SSSR count). The Labute approximate surface area is 232 Å². The maximum Gasteiger partial charge on any atom is 0.435 e. The first-order chi connectivity index (χ1) is 18.1. The van der Waals surface area contributed by atoms with E-state index >= 15 is 0 Å². The molecular weight excluding hydrogens is 591 g/mol. The molecule has 0 fully saturated rings. The Morgan fingerprint density at radius 1 is 1.15 bits per heavy atom. The van der Waals surface area contributed by atoms with Crippen molar-refractivity contribution in [1.82, 2.24) is 24.7 Å². The lowest BCUT2D eigenvalue weighted by Gasteiger charge is -2.20. The number of rotatable bonds is 7. The summed E-state index contributed by atoms with van der Waals surface area (Å²) in [6.07, 6.45) is -5.22. The van der Waals surface area contributed by atoms with Crippen LogP contribution in [0.5, 0.6) is 5.88 Å². The topological polar surface area (TPSA) is 146 Å². The Morgan fingerprint density at radius 3 is 2.23 bits per heavy atom. The summed E-state index contributed by atoms with van der Waals surface area (Å²) in [6.45, 7) is 8.41. The lowest BCUT2D eigenvalue weighted by atomic mass is 10.1. The molecule has 0 amide bonds. The molecule has 1 aliphatic rings. The van der Waals surface area contributed by atoms with Crippen molar-refractivity contribution in [3.63, 3.8) is 0 Å². The zero-order valence-corrected chi connectivity index (χ0v) is 24.3. The number of oxime groups is 1. The Hall–Kier alpha value is -3.02. The van der Waals surface area contributed by atoms with E-state index in [2.05, 4.69) is 40.6 Å². The highest BCUT2D eigenvalue weighted by Gasteiger charge is 2.43. The van der Waals surface area contributed by atoms with Crippen LogP contribution in [0.4, 0.5) is 33.8 Å². The van der Waals surface area contributed by atoms with Gasteiger partial charge < -0.3 is 20.2 Å². The van der Waals surface area contributed by atoms with Gasteiger partial charge in [0.1, 0.15) is 5.60 Å². The average molecular weight is 621 g/mol. The number of nitrogens with zero attached hydrogens (tertiary/aromatic N) is 6. The number of aryl methyl sites for hydroxylation is 1. The molecule has 0 aromatic carbocycles. The third-order valence-corrected chi connectivity index (χ3v) is 6.43. The summed E-state index contributed by atoms with van der Waals surface area (Å²) in [5, 5.41) is 12.3. The van der Waals surface area contributed by atoms with Crippen LogP contribution in [0.15, 0.2) is 5.16 Å². The molecule has 0 spiro atoms. The van der Waals surface area contributed by atoms with Crippen molar-refractivity contribution in [3.05, 3.63) is 16.5 Å². The van der Waals surface area contributed by atoms with Crippen LogP contribution >= 0.6 is 11.6 Å². The fourth-order valence-corrected chi connectivity index (χ4v) is 4.85. The van der Waals surface area contributed by atoms with Gasteiger partial charge in [-0.05, 0) is 53.1 Å². The van der Waals surface area contributed by atoms with E-state index in [1.807, 2.05) is 27.7 Å². The molecule has 40 heavy (non-hydrogen) atoms. The van der Waals surface area contributed by atoms with E-state index in [-0.39, 0.29) is 17.2 Å². The molecule has 3 heterocycles. The van der Waals surface area contributed by atoms with Crippen molar-refractivity contribution >= 4 is 38.4 Å². The van der Waals surface area contributed by atoms with Crippen LogP contribution in [0.1, 0.15) is 59.2 Å². The van der Waals surface area contributed by atoms with Gasteiger partial charge in [-0.25, -0.2) is 13.1 Å². The van der Waals surface area contributed by atoms with Crippen LogP contribution < -0.4 is 15.4 Å². The van der Waals surface area contributed by atoms with Crippen molar-refractivity contribution in [1.29, 1.82) is 0 Å². The lowest BCUT2D eigenvalue weighted by molar-refractivity contribution is -0.142. The molecule has 0 aliphatic carbocycles. The summed E-state index contributed by atoms with van der Waals surface area (Å²) in [5.74, 6) is -1.26. The Kier molecular flexibility index (Phi) is 10.2. The van der Waals surface area contributed by atoms with E-state index in [1.54, 1.807) is 0 Å². The molecule has 19 heteroatoms. The fourth-order valence-electron chi connectivity index (χ4n) is 3.16. The molecule has 0 saturated carbocycles. The predicted molar refractivity (Wildman–Crippen MR) is 137 cm³/mol. The molecular formula is C21H30ClF5N8O4S. The summed E-state index contributed by atoms with van der Waals surface area (Å²) in [5.41, 5.74) is -3.67. The van der Waals surface area contributed by atoms with Gasteiger partial charge in [0.2, 0.25) is 23.1 Å². The summed E-state index contributed by atoms with van der Waals surface area (Å²) < 4.78 is 93.4. The van der Waals surface area contributed by atoms with E-state index in [4.69, 9.17) is 16.4 Å². The average Bonchev–Trinajstić information content (AvgIpc) is 3.27. The summed E-state index contributed by atoms with van der Waals surface area (Å²) in [6, 6.07) is 0. The van der Waals surface area contributed by atoms with Gasteiger partial charge in [0.05, 0.1) is 11.3 Å². The number of ether oxygens (including phenoxy) is 1. The highest BCUT2D eigenvalue weighted by molar-refractivity contribution is 8.05. The first-order valence-electron chi connectivity index (χ1n) is 11.6. The second kappa shape index (κ2) is 12.2. The van der Waals surface area contributed by atoms with Crippen molar-refractivity contribution < 1.29 is 39.9 Å². The van der Waals surface area contributed by atoms with Crippen LogP contribution in [0.2, 0.25) is 5.28 Å². The fraction of sp³-hybridized carbons (Fsp3) is 0.667. The van der Waals surface area contributed by atoms with Crippen LogP contribution in [0.25, 0.3) is 0 Å². The Morgan fingerprint density at radius 2 is 1.75 bits per heavy atom. The zero-order chi connectivity index (χ0) is 30.7. The predicted octanol–water partition coefficient (Wildman–Crippen LogP) is 4.63. The third-order valence-electron chi connectivity index (χ3n) is 4.65. The molecule has 12 nitrogen and oxygen atoms in total. The van der Waals surface area contributed by atoms with E-state index < -0.39 is 56.2 Å². The molecule has 0 unspecified atom stereocenters. The van der Waals surface area contributed by atoms with Crippen molar-refractivity contribution in [2.75, 3.05) is 17.2 Å². The standard InChI is InChI=1S/C12H14F5N3O4S.C9H16ClN5/c1-11(2)4-7(19-24-11)25(21,22)5-6-8(12(15,16)17)18-20(3)9(6)23-10(13)14;1-5-11-7-12-6(10)13-8(14-7)15-9(2,3)4/h10H,4-5H2,1-3H3;5H2,1-4H3,(H2,11,12,13,14,15). The molecule has 0 atom stereocenters. The van der Waals surface area contributed by atoms with E-state index in [1.165, 1.54) is 13.8 Å². The van der Waals surface area contributed by atoms with Gasteiger partial charge >= 0.3 is 12.8 Å². The Balaban J connectivity index is 0.000000319. The molecule has 0 radical (unpaired) electrons. The van der Waals surface area contributed by atoms with Crippen molar-refractivity contribution in [2.45, 2.75) is 77.6 Å². The number of anilines is 2.